The van der Waals surface area contributed by atoms with Crippen LogP contribution in [0.2, 0.25) is 5.02 Å². The Balaban J connectivity index is 2.22. The first-order chi connectivity index (χ1) is 11.0. The highest BCUT2D eigenvalue weighted by Gasteiger charge is 2.13. The molecule has 1 heterocycles. The lowest BCUT2D eigenvalue weighted by atomic mass is 10.2. The molecule has 0 saturated carbocycles. The Morgan fingerprint density at radius 1 is 1.48 bits per heavy atom. The van der Waals surface area contributed by atoms with E-state index in [1.807, 2.05) is 6.92 Å². The summed E-state index contributed by atoms with van der Waals surface area (Å²) in [7, 11) is 1.51. The number of nitrogens with one attached hydrogen (secondary N) is 2. The molecule has 2 aromatic rings. The zero-order valence-corrected chi connectivity index (χ0v) is 13.6. The molecule has 2 N–H and O–H groups in total. The molecule has 0 saturated heterocycles. The number of hydrogen-bond acceptors (Lipinski definition) is 5. The lowest BCUT2D eigenvalue weighted by Crippen LogP contribution is -2.16. The number of nitrogens with zero attached hydrogens (tertiary/aromatic N) is 2. The van der Waals surface area contributed by atoms with Gasteiger partial charge in [0.25, 0.3) is 5.91 Å². The molecule has 1 aromatic carbocycles. The fourth-order valence-electron chi connectivity index (χ4n) is 1.85. The fourth-order valence-corrected chi connectivity index (χ4v) is 2.00. The molecule has 23 heavy (non-hydrogen) atoms. The molecule has 120 valence electrons. The maximum absolute atomic E-state index is 12.4. The molecule has 6 nitrogen and oxygen atoms in total. The predicted molar refractivity (Wildman–Crippen MR) is 91.4 cm³/mol. The van der Waals surface area contributed by atoms with Gasteiger partial charge in [0.1, 0.15) is 11.4 Å². The Labute approximate surface area is 139 Å². The van der Waals surface area contributed by atoms with Gasteiger partial charge in [-0.15, -0.1) is 6.58 Å². The van der Waals surface area contributed by atoms with Gasteiger partial charge in [-0.1, -0.05) is 17.7 Å². The van der Waals surface area contributed by atoms with Gasteiger partial charge in [0.05, 0.1) is 12.8 Å². The van der Waals surface area contributed by atoms with Gasteiger partial charge in [0, 0.05) is 23.8 Å². The quantitative estimate of drug-likeness (QED) is 0.794. The van der Waals surface area contributed by atoms with E-state index in [1.54, 1.807) is 18.2 Å². The Hall–Kier alpha value is -2.60. The van der Waals surface area contributed by atoms with E-state index in [9.17, 15) is 4.79 Å². The van der Waals surface area contributed by atoms with Crippen LogP contribution in [-0.2, 0) is 0 Å². The highest BCUT2D eigenvalue weighted by atomic mass is 35.5. The van der Waals surface area contributed by atoms with Gasteiger partial charge >= 0.3 is 0 Å². The number of benzene rings is 1. The normalized spacial score (nSPS) is 10.0. The van der Waals surface area contributed by atoms with Gasteiger partial charge in [-0.2, -0.15) is 0 Å². The standard InChI is InChI=1S/C16H17ClN4O2/c1-4-6-18-16-19-7-5-12(21-16)15(22)20-13-8-10(2)11(17)9-14(13)23-3/h4-5,7-9H,1,6H2,2-3H3,(H,20,22)(H,18,19,21). The van der Waals surface area contributed by atoms with Crippen LogP contribution in [0.5, 0.6) is 5.75 Å². The van der Waals surface area contributed by atoms with Gasteiger partial charge in [0.15, 0.2) is 0 Å². The van der Waals surface area contributed by atoms with Crippen LogP contribution < -0.4 is 15.4 Å². The van der Waals surface area contributed by atoms with E-state index in [0.717, 1.165) is 5.56 Å². The second-order valence-corrected chi connectivity index (χ2v) is 5.10. The number of aryl methyl sites for hydroxylation is 1. The Bertz CT molecular complexity index is 734. The van der Waals surface area contributed by atoms with Gasteiger partial charge in [0.2, 0.25) is 5.95 Å². The minimum absolute atomic E-state index is 0.237. The molecule has 0 fully saturated rings. The maximum Gasteiger partial charge on any atom is 0.274 e. The van der Waals surface area contributed by atoms with Crippen LogP contribution in [0.4, 0.5) is 11.6 Å². The van der Waals surface area contributed by atoms with Crippen LogP contribution in [0.25, 0.3) is 0 Å². The number of anilines is 2. The van der Waals surface area contributed by atoms with Crippen molar-refractivity contribution in [2.45, 2.75) is 6.92 Å². The zero-order valence-electron chi connectivity index (χ0n) is 12.9. The number of hydrogen-bond donors (Lipinski definition) is 2. The van der Waals surface area contributed by atoms with Crippen molar-refractivity contribution < 1.29 is 9.53 Å². The monoisotopic (exact) mass is 332 g/mol. The molecule has 0 aliphatic heterocycles. The molecular formula is C16H17ClN4O2. The Morgan fingerprint density at radius 2 is 2.26 bits per heavy atom. The van der Waals surface area contributed by atoms with Crippen molar-refractivity contribution in [2.75, 3.05) is 24.3 Å². The molecule has 0 aliphatic rings. The molecule has 1 aromatic heterocycles. The maximum atomic E-state index is 12.4. The van der Waals surface area contributed by atoms with E-state index in [-0.39, 0.29) is 11.6 Å². The summed E-state index contributed by atoms with van der Waals surface area (Å²) in [5.74, 6) is 0.471. The molecule has 2 rings (SSSR count). The minimum atomic E-state index is -0.367. The smallest absolute Gasteiger partial charge is 0.274 e. The number of carbonyl (C=O) groups is 1. The number of aromatic nitrogens is 2. The van der Waals surface area contributed by atoms with Crippen molar-refractivity contribution >= 4 is 29.1 Å². The third kappa shape index (κ3) is 4.20. The molecule has 0 unspecified atom stereocenters. The number of carbonyl (C=O) groups excluding carboxylic acids is 1. The number of amides is 1. The molecule has 0 radical (unpaired) electrons. The summed E-state index contributed by atoms with van der Waals surface area (Å²) >= 11 is 6.06. The SMILES string of the molecule is C=CCNc1nccc(C(=O)Nc2cc(C)c(Cl)cc2OC)n1. The second kappa shape index (κ2) is 7.60. The third-order valence-corrected chi connectivity index (χ3v) is 3.43. The number of ether oxygens (including phenoxy) is 1. The van der Waals surface area contributed by atoms with Crippen LogP contribution in [0.1, 0.15) is 16.1 Å². The Morgan fingerprint density at radius 3 is 2.96 bits per heavy atom. The molecular weight excluding hydrogens is 316 g/mol. The highest BCUT2D eigenvalue weighted by Crippen LogP contribution is 2.31. The lowest BCUT2D eigenvalue weighted by molar-refractivity contribution is 0.102. The van der Waals surface area contributed by atoms with Crippen LogP contribution in [-0.4, -0.2) is 29.5 Å². The van der Waals surface area contributed by atoms with Crippen LogP contribution in [0.15, 0.2) is 37.1 Å². The summed E-state index contributed by atoms with van der Waals surface area (Å²) in [6.45, 7) is 5.96. The topological polar surface area (TPSA) is 76.1 Å². The van der Waals surface area contributed by atoms with Crippen molar-refractivity contribution in [2.24, 2.45) is 0 Å². The van der Waals surface area contributed by atoms with Crippen molar-refractivity contribution in [1.29, 1.82) is 0 Å². The summed E-state index contributed by atoms with van der Waals surface area (Å²) in [5, 5.41) is 6.27. The van der Waals surface area contributed by atoms with Crippen molar-refractivity contribution in [3.05, 3.63) is 53.3 Å². The summed E-state index contributed by atoms with van der Waals surface area (Å²) in [4.78, 5) is 20.6. The van der Waals surface area contributed by atoms with Gasteiger partial charge in [-0.25, -0.2) is 9.97 Å². The molecule has 0 aliphatic carbocycles. The van der Waals surface area contributed by atoms with Crippen molar-refractivity contribution in [1.82, 2.24) is 9.97 Å². The number of halogens is 1. The highest BCUT2D eigenvalue weighted by molar-refractivity contribution is 6.31. The largest absolute Gasteiger partial charge is 0.495 e. The summed E-state index contributed by atoms with van der Waals surface area (Å²) in [6, 6.07) is 4.93. The van der Waals surface area contributed by atoms with E-state index in [1.165, 1.54) is 19.4 Å². The predicted octanol–water partition coefficient (Wildman–Crippen LogP) is 3.30. The molecule has 7 heteroatoms. The van der Waals surface area contributed by atoms with Crippen LogP contribution >= 0.6 is 11.6 Å². The number of rotatable bonds is 6. The first-order valence-electron chi connectivity index (χ1n) is 6.88. The summed E-state index contributed by atoms with van der Waals surface area (Å²) in [5.41, 5.74) is 1.60. The van der Waals surface area contributed by atoms with Crippen molar-refractivity contribution in [3.63, 3.8) is 0 Å². The molecule has 0 atom stereocenters. The van der Waals surface area contributed by atoms with Gasteiger partial charge in [-0.3, -0.25) is 4.79 Å². The fraction of sp³-hybridized carbons (Fsp3) is 0.188. The minimum Gasteiger partial charge on any atom is -0.495 e. The lowest BCUT2D eigenvalue weighted by Gasteiger charge is -2.12. The molecule has 1 amide bonds. The van der Waals surface area contributed by atoms with Gasteiger partial charge < -0.3 is 15.4 Å². The van der Waals surface area contributed by atoms with E-state index in [4.69, 9.17) is 16.3 Å². The average Bonchev–Trinajstić information content (AvgIpc) is 2.56. The second-order valence-electron chi connectivity index (χ2n) is 4.69. The van der Waals surface area contributed by atoms with Crippen LogP contribution in [0.3, 0.4) is 0 Å². The molecule has 0 spiro atoms. The molecule has 0 bridgehead atoms. The number of methoxy groups -OCH3 is 1. The zero-order chi connectivity index (χ0) is 16.8. The summed E-state index contributed by atoms with van der Waals surface area (Å²) in [6.07, 6.45) is 3.19. The summed E-state index contributed by atoms with van der Waals surface area (Å²) < 4.78 is 5.24. The average molecular weight is 333 g/mol. The van der Waals surface area contributed by atoms with Gasteiger partial charge in [-0.05, 0) is 24.6 Å². The van der Waals surface area contributed by atoms with E-state index in [2.05, 4.69) is 27.2 Å². The van der Waals surface area contributed by atoms with E-state index < -0.39 is 0 Å². The first-order valence-corrected chi connectivity index (χ1v) is 7.26. The van der Waals surface area contributed by atoms with E-state index >= 15 is 0 Å². The Kier molecular flexibility index (Phi) is 5.54. The first kappa shape index (κ1) is 16.8. The van der Waals surface area contributed by atoms with Crippen molar-refractivity contribution in [3.8, 4) is 5.75 Å². The third-order valence-electron chi connectivity index (χ3n) is 3.02. The van der Waals surface area contributed by atoms with Crippen LogP contribution in [0, 0.1) is 6.92 Å². The van der Waals surface area contributed by atoms with E-state index in [0.29, 0.717) is 29.0 Å².